The molecular weight excluding hydrogens is 156 g/mol. The third kappa shape index (κ3) is 1.50. The Balaban J connectivity index is 2.96. The molecule has 1 rings (SSSR count). The highest BCUT2D eigenvalue weighted by Crippen LogP contribution is 2.03. The van der Waals surface area contributed by atoms with E-state index in [1.807, 2.05) is 6.92 Å². The molecule has 0 bridgehead atoms. The van der Waals surface area contributed by atoms with Crippen LogP contribution in [0.2, 0.25) is 0 Å². The number of nitrogens with zero attached hydrogens (tertiary/aromatic N) is 3. The summed E-state index contributed by atoms with van der Waals surface area (Å²) in [4.78, 5) is 10.9. The van der Waals surface area contributed by atoms with Crippen LogP contribution in [-0.2, 0) is 6.54 Å². The largest absolute Gasteiger partial charge is 0.329 e. The Morgan fingerprint density at radius 1 is 1.67 bits per heavy atom. The van der Waals surface area contributed by atoms with Crippen molar-refractivity contribution in [3.63, 3.8) is 0 Å². The molecule has 0 amide bonds. The number of rotatable bonds is 3. The molecule has 0 unspecified atom stereocenters. The van der Waals surface area contributed by atoms with Crippen LogP contribution in [0.5, 0.6) is 0 Å². The fourth-order valence-corrected chi connectivity index (χ4v) is 1.02. The van der Waals surface area contributed by atoms with Crippen LogP contribution < -0.4 is 5.73 Å². The van der Waals surface area contributed by atoms with Crippen LogP contribution in [0.15, 0.2) is 0 Å². The van der Waals surface area contributed by atoms with E-state index in [0.29, 0.717) is 18.8 Å². The standard InChI is InChI=1S/C7H12N4O/c1-5-7(6(2)12)9-10-11(5)4-3-8/h3-4,8H2,1-2H3. The van der Waals surface area contributed by atoms with Gasteiger partial charge in [0.05, 0.1) is 12.2 Å². The summed E-state index contributed by atoms with van der Waals surface area (Å²) in [6.45, 7) is 4.39. The molecule has 0 aliphatic carbocycles. The molecule has 0 atom stereocenters. The molecule has 1 aromatic heterocycles. The Hall–Kier alpha value is -1.23. The number of hydrogen-bond acceptors (Lipinski definition) is 4. The molecule has 0 spiro atoms. The van der Waals surface area contributed by atoms with Gasteiger partial charge in [0.2, 0.25) is 0 Å². The molecule has 1 heterocycles. The highest BCUT2D eigenvalue weighted by molar-refractivity contribution is 5.92. The number of ketones is 1. The molecule has 5 heteroatoms. The fraction of sp³-hybridized carbons (Fsp3) is 0.571. The Labute approximate surface area is 70.6 Å². The van der Waals surface area contributed by atoms with Crippen LogP contribution in [0, 0.1) is 6.92 Å². The van der Waals surface area contributed by atoms with Crippen molar-refractivity contribution in [2.24, 2.45) is 5.73 Å². The van der Waals surface area contributed by atoms with Gasteiger partial charge in [0.25, 0.3) is 0 Å². The monoisotopic (exact) mass is 168 g/mol. The second-order valence-corrected chi connectivity index (χ2v) is 2.59. The van der Waals surface area contributed by atoms with Gasteiger partial charge in [0.1, 0.15) is 0 Å². The number of carbonyl (C=O) groups excluding carboxylic acids is 1. The average molecular weight is 168 g/mol. The maximum absolute atomic E-state index is 10.9. The van der Waals surface area contributed by atoms with Crippen LogP contribution in [0.25, 0.3) is 0 Å². The molecule has 0 aliphatic heterocycles. The highest BCUT2D eigenvalue weighted by Gasteiger charge is 2.10. The lowest BCUT2D eigenvalue weighted by Crippen LogP contribution is -2.12. The molecule has 2 N–H and O–H groups in total. The lowest BCUT2D eigenvalue weighted by atomic mass is 10.2. The van der Waals surface area contributed by atoms with E-state index in [4.69, 9.17) is 5.73 Å². The molecule has 1 aromatic rings. The number of nitrogens with two attached hydrogens (primary N) is 1. The molecule has 0 saturated heterocycles. The molecular formula is C7H12N4O. The van der Waals surface area contributed by atoms with Crippen molar-refractivity contribution in [3.8, 4) is 0 Å². The quantitative estimate of drug-likeness (QED) is 0.631. The van der Waals surface area contributed by atoms with E-state index in [1.54, 1.807) is 4.68 Å². The van der Waals surface area contributed by atoms with Crippen molar-refractivity contribution < 1.29 is 4.79 Å². The topological polar surface area (TPSA) is 73.8 Å². The minimum absolute atomic E-state index is 0.0595. The van der Waals surface area contributed by atoms with Crippen LogP contribution >= 0.6 is 0 Å². The smallest absolute Gasteiger partial charge is 0.181 e. The predicted octanol–water partition coefficient (Wildman–Crippen LogP) is -0.252. The first kappa shape index (κ1) is 8.86. The van der Waals surface area contributed by atoms with Gasteiger partial charge in [-0.2, -0.15) is 0 Å². The SMILES string of the molecule is CC(=O)c1nnn(CCN)c1C. The zero-order valence-electron chi connectivity index (χ0n) is 7.24. The van der Waals surface area contributed by atoms with Gasteiger partial charge < -0.3 is 5.73 Å². The van der Waals surface area contributed by atoms with Crippen LogP contribution in [0.3, 0.4) is 0 Å². The van der Waals surface area contributed by atoms with E-state index in [-0.39, 0.29) is 5.78 Å². The molecule has 0 radical (unpaired) electrons. The third-order valence-electron chi connectivity index (χ3n) is 1.66. The Kier molecular flexibility index (Phi) is 2.54. The van der Waals surface area contributed by atoms with Crippen molar-refractivity contribution in [2.45, 2.75) is 20.4 Å². The van der Waals surface area contributed by atoms with Crippen LogP contribution in [-0.4, -0.2) is 27.3 Å². The summed E-state index contributed by atoms with van der Waals surface area (Å²) >= 11 is 0. The minimum Gasteiger partial charge on any atom is -0.329 e. The molecule has 5 nitrogen and oxygen atoms in total. The molecule has 0 aromatic carbocycles. The van der Waals surface area contributed by atoms with Gasteiger partial charge in [0, 0.05) is 13.5 Å². The molecule has 0 saturated carbocycles. The lowest BCUT2D eigenvalue weighted by Gasteiger charge is -1.98. The Morgan fingerprint density at radius 3 is 2.75 bits per heavy atom. The molecule has 12 heavy (non-hydrogen) atoms. The van der Waals surface area contributed by atoms with E-state index in [2.05, 4.69) is 10.3 Å². The first-order chi connectivity index (χ1) is 5.66. The first-order valence-corrected chi connectivity index (χ1v) is 3.78. The molecule has 66 valence electrons. The summed E-state index contributed by atoms with van der Waals surface area (Å²) in [6.07, 6.45) is 0. The van der Waals surface area contributed by atoms with Gasteiger partial charge in [0.15, 0.2) is 11.5 Å². The van der Waals surface area contributed by atoms with Gasteiger partial charge in [-0.1, -0.05) is 5.21 Å². The van der Waals surface area contributed by atoms with E-state index >= 15 is 0 Å². The minimum atomic E-state index is -0.0595. The first-order valence-electron chi connectivity index (χ1n) is 3.78. The van der Waals surface area contributed by atoms with Crippen molar-refractivity contribution in [2.75, 3.05) is 6.54 Å². The van der Waals surface area contributed by atoms with E-state index in [9.17, 15) is 4.79 Å². The summed E-state index contributed by atoms with van der Waals surface area (Å²) in [5.74, 6) is -0.0595. The van der Waals surface area contributed by atoms with E-state index in [1.165, 1.54) is 6.92 Å². The van der Waals surface area contributed by atoms with Crippen molar-refractivity contribution in [1.82, 2.24) is 15.0 Å². The van der Waals surface area contributed by atoms with Gasteiger partial charge in [-0.3, -0.25) is 4.79 Å². The number of Topliss-reactive ketones (excluding diaryl/α,β-unsaturated/α-hetero) is 1. The predicted molar refractivity (Wildman–Crippen MR) is 43.8 cm³/mol. The second kappa shape index (κ2) is 3.44. The lowest BCUT2D eigenvalue weighted by molar-refractivity contribution is 0.101. The maximum atomic E-state index is 10.9. The summed E-state index contributed by atoms with van der Waals surface area (Å²) in [6, 6.07) is 0. The fourth-order valence-electron chi connectivity index (χ4n) is 1.02. The maximum Gasteiger partial charge on any atom is 0.181 e. The molecule has 0 fully saturated rings. The summed E-state index contributed by atoms with van der Waals surface area (Å²) in [7, 11) is 0. The summed E-state index contributed by atoms with van der Waals surface area (Å²) in [5, 5.41) is 7.53. The van der Waals surface area contributed by atoms with Gasteiger partial charge in [-0.25, -0.2) is 4.68 Å². The number of aromatic nitrogens is 3. The zero-order valence-corrected chi connectivity index (χ0v) is 7.24. The average Bonchev–Trinajstić information content (AvgIpc) is 2.34. The van der Waals surface area contributed by atoms with Crippen molar-refractivity contribution >= 4 is 5.78 Å². The normalized spacial score (nSPS) is 10.2. The molecule has 0 aliphatic rings. The number of carbonyl (C=O) groups is 1. The van der Waals surface area contributed by atoms with Crippen molar-refractivity contribution in [3.05, 3.63) is 11.4 Å². The highest BCUT2D eigenvalue weighted by atomic mass is 16.1. The van der Waals surface area contributed by atoms with E-state index < -0.39 is 0 Å². The second-order valence-electron chi connectivity index (χ2n) is 2.59. The summed E-state index contributed by atoms with van der Waals surface area (Å²) < 4.78 is 1.64. The zero-order chi connectivity index (χ0) is 9.14. The van der Waals surface area contributed by atoms with Crippen LogP contribution in [0.4, 0.5) is 0 Å². The van der Waals surface area contributed by atoms with E-state index in [0.717, 1.165) is 5.69 Å². The van der Waals surface area contributed by atoms with Crippen LogP contribution in [0.1, 0.15) is 23.1 Å². The Morgan fingerprint density at radius 2 is 2.33 bits per heavy atom. The number of hydrogen-bond donors (Lipinski definition) is 1. The summed E-state index contributed by atoms with van der Waals surface area (Å²) in [5.41, 5.74) is 6.56. The van der Waals surface area contributed by atoms with Gasteiger partial charge in [-0.05, 0) is 6.92 Å². The van der Waals surface area contributed by atoms with Crippen molar-refractivity contribution in [1.29, 1.82) is 0 Å². The third-order valence-corrected chi connectivity index (χ3v) is 1.66. The van der Waals surface area contributed by atoms with Gasteiger partial charge in [-0.15, -0.1) is 5.10 Å². The Bertz CT molecular complexity index is 292. The van der Waals surface area contributed by atoms with Gasteiger partial charge >= 0.3 is 0 Å².